The van der Waals surface area contributed by atoms with Crippen LogP contribution >= 0.6 is 0 Å². The van der Waals surface area contributed by atoms with Crippen molar-refractivity contribution in [1.82, 2.24) is 0 Å². The second-order valence-corrected chi connectivity index (χ2v) is 5.11. The number of rotatable bonds is 3. The van der Waals surface area contributed by atoms with Crippen LogP contribution in [0.2, 0.25) is 0 Å². The molecule has 1 heterocycles. The van der Waals surface area contributed by atoms with E-state index < -0.39 is 0 Å². The lowest BCUT2D eigenvalue weighted by molar-refractivity contribution is 0.476. The van der Waals surface area contributed by atoms with E-state index in [0.717, 1.165) is 24.5 Å². The van der Waals surface area contributed by atoms with E-state index in [9.17, 15) is 4.39 Å². The monoisotopic (exact) mass is 271 g/mol. The van der Waals surface area contributed by atoms with Crippen molar-refractivity contribution in [2.45, 2.75) is 19.3 Å². The Labute approximate surface area is 118 Å². The van der Waals surface area contributed by atoms with E-state index >= 15 is 0 Å². The van der Waals surface area contributed by atoms with E-state index in [-0.39, 0.29) is 5.82 Å². The van der Waals surface area contributed by atoms with Crippen LogP contribution in [0.3, 0.4) is 0 Å². The van der Waals surface area contributed by atoms with Crippen molar-refractivity contribution in [3.8, 4) is 11.5 Å². The predicted molar refractivity (Wildman–Crippen MR) is 79.0 cm³/mol. The third-order valence-electron chi connectivity index (χ3n) is 3.56. The molecule has 2 nitrogen and oxygen atoms in total. The highest BCUT2D eigenvalue weighted by Gasteiger charge is 2.13. The molecule has 0 atom stereocenters. The van der Waals surface area contributed by atoms with Crippen molar-refractivity contribution < 1.29 is 9.13 Å². The molecule has 0 amide bonds. The summed E-state index contributed by atoms with van der Waals surface area (Å²) in [7, 11) is 0. The molecule has 1 aliphatic rings. The maximum absolute atomic E-state index is 13.8. The Morgan fingerprint density at radius 1 is 0.850 bits per heavy atom. The molecule has 0 aliphatic carbocycles. The van der Waals surface area contributed by atoms with Crippen LogP contribution in [0, 0.1) is 5.82 Å². The summed E-state index contributed by atoms with van der Waals surface area (Å²) >= 11 is 0. The SMILES string of the molecule is Fc1cc(Oc2ccccc2)cc(N2CCCCC2)c1. The van der Waals surface area contributed by atoms with Crippen LogP contribution in [0.5, 0.6) is 11.5 Å². The molecule has 3 rings (SSSR count). The van der Waals surface area contributed by atoms with Gasteiger partial charge in [-0.3, -0.25) is 0 Å². The van der Waals surface area contributed by atoms with Crippen molar-refractivity contribution in [3.63, 3.8) is 0 Å². The maximum atomic E-state index is 13.8. The molecule has 2 aromatic carbocycles. The molecular weight excluding hydrogens is 253 g/mol. The van der Waals surface area contributed by atoms with Gasteiger partial charge in [0.1, 0.15) is 17.3 Å². The van der Waals surface area contributed by atoms with Crippen molar-refractivity contribution in [3.05, 3.63) is 54.3 Å². The first-order chi connectivity index (χ1) is 9.81. The van der Waals surface area contributed by atoms with E-state index in [0.29, 0.717) is 5.75 Å². The number of hydrogen-bond donors (Lipinski definition) is 0. The van der Waals surface area contributed by atoms with Crippen LogP contribution in [0.1, 0.15) is 19.3 Å². The lowest BCUT2D eigenvalue weighted by atomic mass is 10.1. The van der Waals surface area contributed by atoms with Crippen molar-refractivity contribution in [2.24, 2.45) is 0 Å². The molecule has 1 aliphatic heterocycles. The highest BCUT2D eigenvalue weighted by molar-refractivity contribution is 5.52. The average molecular weight is 271 g/mol. The van der Waals surface area contributed by atoms with Gasteiger partial charge < -0.3 is 9.64 Å². The fraction of sp³-hybridized carbons (Fsp3) is 0.294. The minimum absolute atomic E-state index is 0.251. The molecule has 2 aromatic rings. The fourth-order valence-electron chi connectivity index (χ4n) is 2.57. The van der Waals surface area contributed by atoms with Crippen molar-refractivity contribution in [2.75, 3.05) is 18.0 Å². The summed E-state index contributed by atoms with van der Waals surface area (Å²) < 4.78 is 19.5. The molecule has 0 radical (unpaired) electrons. The molecule has 0 N–H and O–H groups in total. The molecule has 0 bridgehead atoms. The zero-order valence-electron chi connectivity index (χ0n) is 11.4. The first-order valence-corrected chi connectivity index (χ1v) is 7.10. The Kier molecular flexibility index (Phi) is 3.86. The molecule has 1 fully saturated rings. The molecule has 3 heteroatoms. The number of benzene rings is 2. The molecule has 0 spiro atoms. The summed E-state index contributed by atoms with van der Waals surface area (Å²) in [5, 5.41) is 0. The normalized spacial score (nSPS) is 15.2. The van der Waals surface area contributed by atoms with Gasteiger partial charge in [0.15, 0.2) is 0 Å². The number of hydrogen-bond acceptors (Lipinski definition) is 2. The number of nitrogens with zero attached hydrogens (tertiary/aromatic N) is 1. The van der Waals surface area contributed by atoms with Gasteiger partial charge >= 0.3 is 0 Å². The third-order valence-corrected chi connectivity index (χ3v) is 3.56. The van der Waals surface area contributed by atoms with Gasteiger partial charge in [0.25, 0.3) is 0 Å². The lowest BCUT2D eigenvalue weighted by Crippen LogP contribution is -2.29. The summed E-state index contributed by atoms with van der Waals surface area (Å²) in [6.45, 7) is 1.99. The smallest absolute Gasteiger partial charge is 0.132 e. The fourth-order valence-corrected chi connectivity index (χ4v) is 2.57. The Morgan fingerprint density at radius 3 is 2.35 bits per heavy atom. The highest BCUT2D eigenvalue weighted by Crippen LogP contribution is 2.29. The molecule has 0 aromatic heterocycles. The topological polar surface area (TPSA) is 12.5 Å². The number of ether oxygens (including phenoxy) is 1. The van der Waals surface area contributed by atoms with Crippen LogP contribution < -0.4 is 9.64 Å². The predicted octanol–water partition coefficient (Wildman–Crippen LogP) is 4.61. The van der Waals surface area contributed by atoms with Gasteiger partial charge in [-0.1, -0.05) is 18.2 Å². The zero-order chi connectivity index (χ0) is 13.8. The first kappa shape index (κ1) is 13.0. The summed E-state index contributed by atoms with van der Waals surface area (Å²) in [6.07, 6.45) is 3.61. The minimum Gasteiger partial charge on any atom is -0.457 e. The highest BCUT2D eigenvalue weighted by atomic mass is 19.1. The summed E-state index contributed by atoms with van der Waals surface area (Å²) in [5.41, 5.74) is 0.913. The van der Waals surface area contributed by atoms with Gasteiger partial charge in [-0.15, -0.1) is 0 Å². The van der Waals surface area contributed by atoms with E-state index in [4.69, 9.17) is 4.74 Å². The van der Waals surface area contributed by atoms with Crippen LogP contribution in [0.15, 0.2) is 48.5 Å². The van der Waals surface area contributed by atoms with Crippen LogP contribution in [-0.4, -0.2) is 13.1 Å². The van der Waals surface area contributed by atoms with Crippen LogP contribution in [0.4, 0.5) is 10.1 Å². The van der Waals surface area contributed by atoms with Gasteiger partial charge in [-0.05, 0) is 37.5 Å². The van der Waals surface area contributed by atoms with E-state index in [1.807, 2.05) is 36.4 Å². The van der Waals surface area contributed by atoms with Gasteiger partial charge in [0, 0.05) is 30.9 Å². The van der Waals surface area contributed by atoms with Crippen LogP contribution in [-0.2, 0) is 0 Å². The molecule has 0 saturated carbocycles. The summed E-state index contributed by atoms with van der Waals surface area (Å²) in [4.78, 5) is 2.23. The van der Waals surface area contributed by atoms with Gasteiger partial charge in [-0.2, -0.15) is 0 Å². The quantitative estimate of drug-likeness (QED) is 0.808. The number of halogens is 1. The number of para-hydroxylation sites is 1. The minimum atomic E-state index is -0.251. The standard InChI is InChI=1S/C17H18FNO/c18-14-11-15(19-9-5-2-6-10-19)13-17(12-14)20-16-7-3-1-4-8-16/h1,3-4,7-8,11-13H,2,5-6,9-10H2. The Morgan fingerprint density at radius 2 is 1.60 bits per heavy atom. The van der Waals surface area contributed by atoms with Gasteiger partial charge in [0.2, 0.25) is 0 Å². The molecule has 0 unspecified atom stereocenters. The van der Waals surface area contributed by atoms with Crippen LogP contribution in [0.25, 0.3) is 0 Å². The van der Waals surface area contributed by atoms with Gasteiger partial charge in [-0.25, -0.2) is 4.39 Å². The second-order valence-electron chi connectivity index (χ2n) is 5.11. The molecule has 20 heavy (non-hydrogen) atoms. The second kappa shape index (κ2) is 5.95. The first-order valence-electron chi connectivity index (χ1n) is 7.10. The molecule has 104 valence electrons. The maximum Gasteiger partial charge on any atom is 0.132 e. The summed E-state index contributed by atoms with van der Waals surface area (Å²) in [5.74, 6) is 1.03. The molecule has 1 saturated heterocycles. The Balaban J connectivity index is 1.82. The van der Waals surface area contributed by atoms with E-state index in [1.165, 1.54) is 25.3 Å². The third kappa shape index (κ3) is 3.10. The van der Waals surface area contributed by atoms with E-state index in [1.54, 1.807) is 6.07 Å². The zero-order valence-corrected chi connectivity index (χ0v) is 11.4. The van der Waals surface area contributed by atoms with Gasteiger partial charge in [0.05, 0.1) is 0 Å². The molecular formula is C17H18FNO. The Bertz CT molecular complexity index is 564. The largest absolute Gasteiger partial charge is 0.457 e. The Hall–Kier alpha value is -2.03. The van der Waals surface area contributed by atoms with Crippen molar-refractivity contribution >= 4 is 5.69 Å². The van der Waals surface area contributed by atoms with E-state index in [2.05, 4.69) is 4.90 Å². The summed E-state index contributed by atoms with van der Waals surface area (Å²) in [6, 6.07) is 14.4. The number of piperidine rings is 1. The number of anilines is 1. The van der Waals surface area contributed by atoms with Crippen molar-refractivity contribution in [1.29, 1.82) is 0 Å². The average Bonchev–Trinajstić information content (AvgIpc) is 2.49. The lowest BCUT2D eigenvalue weighted by Gasteiger charge is -2.29.